The number of amides is 5. The molecule has 0 bridgehead atoms. The van der Waals surface area contributed by atoms with E-state index < -0.39 is 58.6 Å². The van der Waals surface area contributed by atoms with Crippen molar-refractivity contribution >= 4 is 58.3 Å². The van der Waals surface area contributed by atoms with Crippen LogP contribution in [0.2, 0.25) is 0 Å². The molecule has 18 nitrogen and oxygen atoms in total. The molecule has 5 amide bonds. The predicted octanol–water partition coefficient (Wildman–Crippen LogP) is 4.62. The van der Waals surface area contributed by atoms with Crippen LogP contribution in [-0.2, 0) is 4.79 Å². The van der Waals surface area contributed by atoms with E-state index in [4.69, 9.17) is 9.47 Å². The summed E-state index contributed by atoms with van der Waals surface area (Å²) in [6, 6.07) is 20.0. The molecule has 0 saturated heterocycles. The van der Waals surface area contributed by atoms with Crippen LogP contribution >= 0.6 is 0 Å². The quantitative estimate of drug-likeness (QED) is 0.0764. The van der Waals surface area contributed by atoms with E-state index in [1.807, 2.05) is 6.07 Å². The van der Waals surface area contributed by atoms with Crippen molar-refractivity contribution in [2.24, 2.45) is 0 Å². The summed E-state index contributed by atoms with van der Waals surface area (Å²) in [4.78, 5) is 79.9. The number of aromatic hydroxyl groups is 2. The average molecular weight is 788 g/mol. The first-order valence-corrected chi connectivity index (χ1v) is 16.9. The second-order valence-corrected chi connectivity index (χ2v) is 12.0. The van der Waals surface area contributed by atoms with Crippen LogP contribution in [0.15, 0.2) is 97.3 Å². The number of carbonyl (C=O) groups is 6. The average Bonchev–Trinajstić information content (AvgIpc) is 3.21. The molecule has 0 unspecified atom stereocenters. The van der Waals surface area contributed by atoms with Crippen LogP contribution in [0.5, 0.6) is 23.0 Å². The van der Waals surface area contributed by atoms with Crippen molar-refractivity contribution in [1.82, 2.24) is 10.3 Å². The molecule has 1 atom stereocenters. The minimum Gasteiger partial charge on any atom is -0.504 e. The summed E-state index contributed by atoms with van der Waals surface area (Å²) in [7, 11) is 2.35. The SMILES string of the molecule is COc1c(NC(=O)c2ccc(NC(=O)c3ccc(NC(=O)[C@H](CC#N)NC(=O)c4ccc(NC(=O)c5cccnc5)cc4)cc3)c(OC)c2O)ccc(C(=O)O)c1O. The Kier molecular flexibility index (Phi) is 12.8. The number of carboxylic acids is 1. The lowest BCUT2D eigenvalue weighted by Gasteiger charge is -2.17. The summed E-state index contributed by atoms with van der Waals surface area (Å²) in [5.41, 5.74) is 0.405. The lowest BCUT2D eigenvalue weighted by Crippen LogP contribution is -2.43. The van der Waals surface area contributed by atoms with Gasteiger partial charge in [-0.2, -0.15) is 5.26 Å². The number of rotatable bonds is 14. The minimum atomic E-state index is -1.42. The molecule has 0 aliphatic carbocycles. The number of carboxylic acid groups (broad SMARTS) is 1. The van der Waals surface area contributed by atoms with Gasteiger partial charge in [-0.1, -0.05) is 0 Å². The fourth-order valence-corrected chi connectivity index (χ4v) is 5.37. The number of pyridine rings is 1. The first-order chi connectivity index (χ1) is 27.8. The van der Waals surface area contributed by atoms with Gasteiger partial charge in [0.2, 0.25) is 5.91 Å². The Balaban J connectivity index is 1.20. The summed E-state index contributed by atoms with van der Waals surface area (Å²) in [6.45, 7) is 0. The molecule has 0 aliphatic heterocycles. The van der Waals surface area contributed by atoms with E-state index in [0.29, 0.717) is 11.3 Å². The molecule has 5 aromatic rings. The van der Waals surface area contributed by atoms with Crippen molar-refractivity contribution in [1.29, 1.82) is 5.26 Å². The van der Waals surface area contributed by atoms with E-state index in [2.05, 4.69) is 31.6 Å². The van der Waals surface area contributed by atoms with Crippen molar-refractivity contribution in [3.8, 4) is 29.1 Å². The van der Waals surface area contributed by atoms with Gasteiger partial charge < -0.3 is 51.4 Å². The maximum atomic E-state index is 13.2. The predicted molar refractivity (Wildman–Crippen MR) is 207 cm³/mol. The Morgan fingerprint density at radius 1 is 0.655 bits per heavy atom. The van der Waals surface area contributed by atoms with E-state index in [1.54, 1.807) is 12.1 Å². The number of nitriles is 1. The van der Waals surface area contributed by atoms with Gasteiger partial charge in [0.1, 0.15) is 11.6 Å². The molecule has 18 heteroatoms. The van der Waals surface area contributed by atoms with Gasteiger partial charge in [0, 0.05) is 34.9 Å². The Morgan fingerprint density at radius 3 is 1.71 bits per heavy atom. The molecule has 1 aromatic heterocycles. The van der Waals surface area contributed by atoms with Crippen molar-refractivity contribution in [3.05, 3.63) is 125 Å². The summed E-state index contributed by atoms with van der Waals surface area (Å²) in [5, 5.41) is 52.5. The number of hydrogen-bond donors (Lipinski definition) is 8. The monoisotopic (exact) mass is 787 g/mol. The molecule has 0 radical (unpaired) electrons. The lowest BCUT2D eigenvalue weighted by molar-refractivity contribution is -0.117. The van der Waals surface area contributed by atoms with Gasteiger partial charge in [-0.15, -0.1) is 0 Å². The number of nitrogens with zero attached hydrogens (tertiary/aromatic N) is 2. The zero-order chi connectivity index (χ0) is 41.9. The number of phenols is 2. The zero-order valence-electron chi connectivity index (χ0n) is 30.5. The summed E-state index contributed by atoms with van der Waals surface area (Å²) in [5.74, 6) is -6.68. The Hall–Kier alpha value is -8.46. The molecule has 8 N–H and O–H groups in total. The van der Waals surface area contributed by atoms with Crippen LogP contribution in [0.1, 0.15) is 58.2 Å². The molecule has 0 saturated carbocycles. The van der Waals surface area contributed by atoms with Gasteiger partial charge in [0.05, 0.1) is 49.2 Å². The number of aromatic carboxylic acids is 1. The Morgan fingerprint density at radius 2 is 1.17 bits per heavy atom. The van der Waals surface area contributed by atoms with E-state index in [-0.39, 0.29) is 51.7 Å². The zero-order valence-corrected chi connectivity index (χ0v) is 30.5. The standard InChI is InChI=1S/C40H33N7O11/c1-57-33-28(15-13-26(31(33)48)38(53)46-29-16-14-27(40(55)56)32(49)34(29)58-2)45-35(50)21-7-11-25(12-8-21)44-39(54)30(17-18-41)47-36(51)22-5-9-24(10-6-22)43-37(52)23-4-3-19-42-20-23/h3-16,19-20,30,48-49H,17H2,1-2H3,(H,43,52)(H,44,54)(H,45,50)(H,46,53)(H,47,51)(H,55,56)/t30-/m0/s1. The van der Waals surface area contributed by atoms with Crippen LogP contribution in [-0.4, -0.2) is 76.1 Å². The van der Waals surface area contributed by atoms with E-state index in [9.17, 15) is 49.3 Å². The first kappa shape index (κ1) is 40.7. The first-order valence-electron chi connectivity index (χ1n) is 16.9. The third-order valence-electron chi connectivity index (χ3n) is 8.30. The number of nitrogens with one attached hydrogen (secondary N) is 5. The number of benzene rings is 4. The number of ether oxygens (including phenoxy) is 2. The molecule has 4 aromatic carbocycles. The molecule has 0 spiro atoms. The number of methoxy groups -OCH3 is 2. The van der Waals surface area contributed by atoms with Crippen LogP contribution in [0.25, 0.3) is 0 Å². The fraction of sp³-hybridized carbons (Fsp3) is 0.100. The molecular weight excluding hydrogens is 754 g/mol. The van der Waals surface area contributed by atoms with Gasteiger partial charge in [0.15, 0.2) is 23.0 Å². The van der Waals surface area contributed by atoms with Crippen LogP contribution in [0.3, 0.4) is 0 Å². The van der Waals surface area contributed by atoms with Crippen molar-refractivity contribution in [2.75, 3.05) is 35.5 Å². The van der Waals surface area contributed by atoms with Gasteiger partial charge in [-0.3, -0.25) is 29.0 Å². The second kappa shape index (κ2) is 18.2. The molecular formula is C40H33N7O11. The number of aromatic nitrogens is 1. The third-order valence-corrected chi connectivity index (χ3v) is 8.30. The highest BCUT2D eigenvalue weighted by Crippen LogP contribution is 2.40. The smallest absolute Gasteiger partial charge is 0.339 e. The third kappa shape index (κ3) is 9.42. The van der Waals surface area contributed by atoms with Crippen LogP contribution < -0.4 is 36.1 Å². The number of carbonyl (C=O) groups excluding carboxylic acids is 5. The summed E-state index contributed by atoms with van der Waals surface area (Å²) >= 11 is 0. The van der Waals surface area contributed by atoms with Gasteiger partial charge in [-0.05, 0) is 84.9 Å². The summed E-state index contributed by atoms with van der Waals surface area (Å²) in [6.07, 6.45) is 2.59. The van der Waals surface area contributed by atoms with Crippen molar-refractivity contribution < 1.29 is 53.6 Å². The van der Waals surface area contributed by atoms with Crippen LogP contribution in [0, 0.1) is 11.3 Å². The number of phenolic OH excluding ortho intramolecular Hbond substituents is 1. The Bertz CT molecular complexity index is 2430. The topological polar surface area (TPSA) is 278 Å². The van der Waals surface area contributed by atoms with E-state index in [1.165, 1.54) is 86.2 Å². The Labute approximate surface area is 329 Å². The van der Waals surface area contributed by atoms with Gasteiger partial charge >= 0.3 is 5.97 Å². The van der Waals surface area contributed by atoms with Crippen molar-refractivity contribution in [2.45, 2.75) is 12.5 Å². The lowest BCUT2D eigenvalue weighted by atomic mass is 10.1. The van der Waals surface area contributed by atoms with E-state index in [0.717, 1.165) is 13.2 Å². The normalized spacial score (nSPS) is 10.8. The minimum absolute atomic E-state index is 0.0146. The molecule has 0 aliphatic rings. The molecule has 1 heterocycles. The highest BCUT2D eigenvalue weighted by Gasteiger charge is 2.25. The van der Waals surface area contributed by atoms with Crippen molar-refractivity contribution in [3.63, 3.8) is 0 Å². The highest BCUT2D eigenvalue weighted by atomic mass is 16.5. The second-order valence-electron chi connectivity index (χ2n) is 12.0. The van der Waals surface area contributed by atoms with Crippen LogP contribution in [0.4, 0.5) is 22.7 Å². The largest absolute Gasteiger partial charge is 0.504 e. The number of anilines is 4. The fourth-order valence-electron chi connectivity index (χ4n) is 5.37. The summed E-state index contributed by atoms with van der Waals surface area (Å²) < 4.78 is 10.3. The van der Waals surface area contributed by atoms with E-state index >= 15 is 0 Å². The van der Waals surface area contributed by atoms with Gasteiger partial charge in [0.25, 0.3) is 23.6 Å². The maximum Gasteiger partial charge on any atom is 0.339 e. The highest BCUT2D eigenvalue weighted by molar-refractivity contribution is 6.10. The molecule has 5 rings (SSSR count). The molecule has 0 fully saturated rings. The van der Waals surface area contributed by atoms with Gasteiger partial charge in [-0.25, -0.2) is 4.79 Å². The number of hydrogen-bond acceptors (Lipinski definition) is 12. The molecule has 294 valence electrons. The molecule has 58 heavy (non-hydrogen) atoms. The maximum absolute atomic E-state index is 13.2.